The Bertz CT molecular complexity index is 1270. The third kappa shape index (κ3) is 5.71. The second-order valence-corrected chi connectivity index (χ2v) is 8.56. The van der Waals surface area contributed by atoms with Gasteiger partial charge in [-0.05, 0) is 68.7 Å². The molecule has 0 aromatic heterocycles. The standard InChI is InChI=1S/C27H26F2N4O2/c1-17-5-9-20(10-6-17)31-27(35)22-16-19(28)8-12-24(22)32-26(34)21-11-7-18(15-23(21)29)25(30)33-13-3-2-4-14-33/h5-12,15-16,30H,2-4,13-14H2,1H3,(H,31,35)(H,32,34). The van der Waals surface area contributed by atoms with Crippen molar-refractivity contribution in [1.82, 2.24) is 4.90 Å². The molecule has 0 radical (unpaired) electrons. The van der Waals surface area contributed by atoms with E-state index in [1.165, 1.54) is 24.3 Å². The van der Waals surface area contributed by atoms with Crippen molar-refractivity contribution in [2.75, 3.05) is 23.7 Å². The SMILES string of the molecule is Cc1ccc(NC(=O)c2cc(F)ccc2NC(=O)c2ccc(C(=N)N3CCCCC3)cc2F)cc1. The molecule has 180 valence electrons. The number of likely N-dealkylation sites (tertiary alicyclic amines) is 1. The Morgan fingerprint density at radius 2 is 1.51 bits per heavy atom. The third-order valence-electron chi connectivity index (χ3n) is 5.94. The number of halogens is 2. The molecular formula is C27H26F2N4O2. The molecule has 0 bridgehead atoms. The lowest BCUT2D eigenvalue weighted by atomic mass is 10.1. The second-order valence-electron chi connectivity index (χ2n) is 8.56. The van der Waals surface area contributed by atoms with Crippen molar-refractivity contribution in [2.24, 2.45) is 0 Å². The fraction of sp³-hybridized carbons (Fsp3) is 0.222. The molecule has 0 atom stereocenters. The van der Waals surface area contributed by atoms with Crippen molar-refractivity contribution in [1.29, 1.82) is 5.41 Å². The summed E-state index contributed by atoms with van der Waals surface area (Å²) < 4.78 is 28.8. The van der Waals surface area contributed by atoms with E-state index in [1.54, 1.807) is 12.1 Å². The first-order chi connectivity index (χ1) is 16.8. The van der Waals surface area contributed by atoms with Crippen LogP contribution in [-0.4, -0.2) is 35.6 Å². The fourth-order valence-corrected chi connectivity index (χ4v) is 3.98. The number of rotatable bonds is 5. The van der Waals surface area contributed by atoms with Gasteiger partial charge in [0, 0.05) is 24.3 Å². The van der Waals surface area contributed by atoms with E-state index in [9.17, 15) is 18.4 Å². The number of anilines is 2. The number of amidine groups is 1. The third-order valence-corrected chi connectivity index (χ3v) is 5.94. The Labute approximate surface area is 202 Å². The molecule has 1 aliphatic heterocycles. The monoisotopic (exact) mass is 476 g/mol. The predicted molar refractivity (Wildman–Crippen MR) is 132 cm³/mol. The molecule has 0 aliphatic carbocycles. The second kappa shape index (κ2) is 10.5. The lowest BCUT2D eigenvalue weighted by Crippen LogP contribution is -2.35. The highest BCUT2D eigenvalue weighted by Crippen LogP contribution is 2.22. The van der Waals surface area contributed by atoms with Gasteiger partial charge in [-0.15, -0.1) is 0 Å². The van der Waals surface area contributed by atoms with E-state index in [0.717, 1.165) is 50.0 Å². The van der Waals surface area contributed by atoms with Crippen LogP contribution < -0.4 is 10.6 Å². The highest BCUT2D eigenvalue weighted by Gasteiger charge is 2.20. The lowest BCUT2D eigenvalue weighted by molar-refractivity contribution is 0.102. The maximum atomic E-state index is 14.9. The number of nitrogens with one attached hydrogen (secondary N) is 3. The molecule has 1 heterocycles. The maximum Gasteiger partial charge on any atom is 0.258 e. The first-order valence-corrected chi connectivity index (χ1v) is 11.4. The maximum absolute atomic E-state index is 14.9. The molecule has 1 aliphatic rings. The van der Waals surface area contributed by atoms with Crippen LogP contribution in [0.4, 0.5) is 20.2 Å². The van der Waals surface area contributed by atoms with Gasteiger partial charge < -0.3 is 15.5 Å². The van der Waals surface area contributed by atoms with Crippen molar-refractivity contribution in [3.63, 3.8) is 0 Å². The van der Waals surface area contributed by atoms with Gasteiger partial charge in [-0.1, -0.05) is 23.8 Å². The normalized spacial score (nSPS) is 13.3. The number of amides is 2. The number of carbonyl (C=O) groups excluding carboxylic acids is 2. The summed E-state index contributed by atoms with van der Waals surface area (Å²) in [6.45, 7) is 3.41. The molecule has 6 nitrogen and oxygen atoms in total. The largest absolute Gasteiger partial charge is 0.357 e. The predicted octanol–water partition coefficient (Wildman–Crippen LogP) is 5.59. The molecule has 0 spiro atoms. The molecule has 1 fully saturated rings. The summed E-state index contributed by atoms with van der Waals surface area (Å²) in [6, 6.07) is 14.5. The van der Waals surface area contributed by atoms with Gasteiger partial charge in [0.05, 0.1) is 16.8 Å². The number of benzene rings is 3. The van der Waals surface area contributed by atoms with Crippen LogP contribution in [0, 0.1) is 24.0 Å². The molecule has 3 N–H and O–H groups in total. The van der Waals surface area contributed by atoms with E-state index >= 15 is 0 Å². The van der Waals surface area contributed by atoms with Crippen LogP contribution in [0.5, 0.6) is 0 Å². The number of hydrogen-bond acceptors (Lipinski definition) is 3. The Balaban J connectivity index is 1.52. The minimum absolute atomic E-state index is 0.0468. The van der Waals surface area contributed by atoms with Crippen molar-refractivity contribution >= 4 is 29.0 Å². The molecule has 1 saturated heterocycles. The van der Waals surface area contributed by atoms with E-state index in [-0.39, 0.29) is 22.6 Å². The van der Waals surface area contributed by atoms with Gasteiger partial charge in [-0.2, -0.15) is 0 Å². The minimum Gasteiger partial charge on any atom is -0.357 e. The van der Waals surface area contributed by atoms with Crippen molar-refractivity contribution in [3.05, 3.63) is 94.6 Å². The van der Waals surface area contributed by atoms with Gasteiger partial charge >= 0.3 is 0 Å². The molecule has 2 amide bonds. The molecule has 3 aromatic rings. The molecule has 0 saturated carbocycles. The van der Waals surface area contributed by atoms with Crippen molar-refractivity contribution in [3.8, 4) is 0 Å². The zero-order valence-electron chi connectivity index (χ0n) is 19.3. The summed E-state index contributed by atoms with van der Waals surface area (Å²) in [5.74, 6) is -2.61. The first-order valence-electron chi connectivity index (χ1n) is 11.4. The van der Waals surface area contributed by atoms with E-state index in [0.29, 0.717) is 11.3 Å². The lowest BCUT2D eigenvalue weighted by Gasteiger charge is -2.29. The average Bonchev–Trinajstić information content (AvgIpc) is 2.86. The van der Waals surface area contributed by atoms with Crippen LogP contribution in [0.15, 0.2) is 60.7 Å². The summed E-state index contributed by atoms with van der Waals surface area (Å²) in [4.78, 5) is 27.5. The summed E-state index contributed by atoms with van der Waals surface area (Å²) in [7, 11) is 0. The molecule has 35 heavy (non-hydrogen) atoms. The van der Waals surface area contributed by atoms with Crippen LogP contribution >= 0.6 is 0 Å². The van der Waals surface area contributed by atoms with E-state index in [1.807, 2.05) is 24.0 Å². The first kappa shape index (κ1) is 24.1. The van der Waals surface area contributed by atoms with E-state index < -0.39 is 23.4 Å². The molecule has 4 rings (SSSR count). The summed E-state index contributed by atoms with van der Waals surface area (Å²) >= 11 is 0. The highest BCUT2D eigenvalue weighted by molar-refractivity contribution is 6.12. The van der Waals surface area contributed by atoms with Gasteiger partial charge in [0.15, 0.2) is 0 Å². The van der Waals surface area contributed by atoms with Crippen LogP contribution in [0.2, 0.25) is 0 Å². The zero-order chi connectivity index (χ0) is 24.9. The Morgan fingerprint density at radius 1 is 0.829 bits per heavy atom. The summed E-state index contributed by atoms with van der Waals surface area (Å²) in [6.07, 6.45) is 3.09. The zero-order valence-corrected chi connectivity index (χ0v) is 19.3. The molecule has 8 heteroatoms. The number of hydrogen-bond donors (Lipinski definition) is 3. The van der Waals surface area contributed by atoms with E-state index in [4.69, 9.17) is 5.41 Å². The van der Waals surface area contributed by atoms with Crippen LogP contribution in [-0.2, 0) is 0 Å². The van der Waals surface area contributed by atoms with Crippen LogP contribution in [0.3, 0.4) is 0 Å². The number of piperidine rings is 1. The molecular weight excluding hydrogens is 450 g/mol. The van der Waals surface area contributed by atoms with Crippen LogP contribution in [0.1, 0.15) is 51.1 Å². The van der Waals surface area contributed by atoms with Gasteiger partial charge in [0.1, 0.15) is 17.5 Å². The minimum atomic E-state index is -0.783. The number of nitrogens with zero attached hydrogens (tertiary/aromatic N) is 1. The van der Waals surface area contributed by atoms with Crippen molar-refractivity contribution < 1.29 is 18.4 Å². The van der Waals surface area contributed by atoms with Gasteiger partial charge in [-0.3, -0.25) is 15.0 Å². The Kier molecular flexibility index (Phi) is 7.19. The van der Waals surface area contributed by atoms with Gasteiger partial charge in [-0.25, -0.2) is 8.78 Å². The molecule has 0 unspecified atom stereocenters. The highest BCUT2D eigenvalue weighted by atomic mass is 19.1. The quantitative estimate of drug-likeness (QED) is 0.332. The smallest absolute Gasteiger partial charge is 0.258 e. The Morgan fingerprint density at radius 3 is 2.20 bits per heavy atom. The van der Waals surface area contributed by atoms with Crippen molar-refractivity contribution in [2.45, 2.75) is 26.2 Å². The summed E-state index contributed by atoms with van der Waals surface area (Å²) in [5, 5.41) is 13.5. The van der Waals surface area contributed by atoms with Gasteiger partial charge in [0.2, 0.25) is 0 Å². The van der Waals surface area contributed by atoms with Crippen LogP contribution in [0.25, 0.3) is 0 Å². The number of aryl methyl sites for hydroxylation is 1. The van der Waals surface area contributed by atoms with E-state index in [2.05, 4.69) is 10.6 Å². The fourth-order valence-electron chi connectivity index (χ4n) is 3.98. The topological polar surface area (TPSA) is 85.3 Å². The average molecular weight is 477 g/mol. The Hall–Kier alpha value is -4.07. The van der Waals surface area contributed by atoms with Gasteiger partial charge in [0.25, 0.3) is 11.8 Å². The number of carbonyl (C=O) groups is 2. The summed E-state index contributed by atoms with van der Waals surface area (Å²) in [5.41, 5.74) is 1.63. The molecule has 3 aromatic carbocycles.